The highest BCUT2D eigenvalue weighted by Gasteiger charge is 2.15. The van der Waals surface area contributed by atoms with Crippen LogP contribution in [0.3, 0.4) is 0 Å². The van der Waals surface area contributed by atoms with Crippen molar-refractivity contribution in [2.75, 3.05) is 12.5 Å². The average molecular weight is 317 g/mol. The van der Waals surface area contributed by atoms with Gasteiger partial charge in [-0.05, 0) is 59.9 Å². The Kier molecular flexibility index (Phi) is 5.33. The predicted octanol–water partition coefficient (Wildman–Crippen LogP) is 5.26. The molecule has 108 valence electrons. The molecule has 0 heterocycles. The highest BCUT2D eigenvalue weighted by molar-refractivity contribution is 7.98. The zero-order valence-corrected chi connectivity index (χ0v) is 13.9. The van der Waals surface area contributed by atoms with Crippen LogP contribution in [0.5, 0.6) is 0 Å². The highest BCUT2D eigenvalue weighted by Crippen LogP contribution is 2.36. The third kappa shape index (κ3) is 3.25. The van der Waals surface area contributed by atoms with Crippen molar-refractivity contribution in [3.63, 3.8) is 0 Å². The second-order valence-electron chi connectivity index (χ2n) is 4.66. The van der Waals surface area contributed by atoms with Gasteiger partial charge in [0.05, 0.1) is 5.56 Å². The molecule has 0 aliphatic carbocycles. The minimum absolute atomic E-state index is 0.236. The third-order valence-corrected chi connectivity index (χ3v) is 4.79. The maximum Gasteiger partial charge on any atom is 0.123 e. The van der Waals surface area contributed by atoms with E-state index in [1.54, 1.807) is 35.7 Å². The summed E-state index contributed by atoms with van der Waals surface area (Å²) in [6, 6.07) is 10.9. The number of halogens is 1. The molecule has 2 rings (SSSR count). The van der Waals surface area contributed by atoms with Gasteiger partial charge in [-0.15, -0.1) is 11.8 Å². The Morgan fingerprint density at radius 2 is 1.86 bits per heavy atom. The third-order valence-electron chi connectivity index (χ3n) is 3.45. The molecule has 0 bridgehead atoms. The summed E-state index contributed by atoms with van der Waals surface area (Å²) in [6.45, 7) is 2.00. The second-order valence-corrected chi connectivity index (χ2v) is 6.37. The van der Waals surface area contributed by atoms with Crippen LogP contribution in [0.25, 0.3) is 11.1 Å². The molecule has 0 saturated carbocycles. The number of nitrogens with zero attached hydrogens (tertiary/aromatic N) is 1. The van der Waals surface area contributed by atoms with E-state index in [1.165, 1.54) is 12.1 Å². The summed E-state index contributed by atoms with van der Waals surface area (Å²) >= 11 is 3.29. The molecule has 0 amide bonds. The molecule has 21 heavy (non-hydrogen) atoms. The van der Waals surface area contributed by atoms with Crippen LogP contribution in [0.2, 0.25) is 0 Å². The van der Waals surface area contributed by atoms with Crippen molar-refractivity contribution in [2.45, 2.75) is 17.6 Å². The summed E-state index contributed by atoms with van der Waals surface area (Å²) in [7, 11) is 0. The second kappa shape index (κ2) is 7.02. The lowest BCUT2D eigenvalue weighted by molar-refractivity contribution is 0.628. The Hall–Kier alpha value is -1.44. The Balaban J connectivity index is 2.71. The van der Waals surface area contributed by atoms with Gasteiger partial charge in [-0.3, -0.25) is 0 Å². The molecule has 2 aromatic rings. The molecule has 0 aromatic heterocycles. The van der Waals surface area contributed by atoms with Crippen molar-refractivity contribution in [2.24, 2.45) is 0 Å². The fourth-order valence-electron chi connectivity index (χ4n) is 2.35. The molecule has 0 spiro atoms. The maximum atomic E-state index is 13.1. The molecule has 0 aliphatic heterocycles. The van der Waals surface area contributed by atoms with Crippen LogP contribution >= 0.6 is 23.5 Å². The van der Waals surface area contributed by atoms with Gasteiger partial charge in [0.25, 0.3) is 0 Å². The van der Waals surface area contributed by atoms with E-state index in [0.29, 0.717) is 0 Å². The number of benzene rings is 2. The van der Waals surface area contributed by atoms with E-state index in [1.807, 2.05) is 19.4 Å². The van der Waals surface area contributed by atoms with E-state index in [-0.39, 0.29) is 5.82 Å². The van der Waals surface area contributed by atoms with Gasteiger partial charge in [-0.1, -0.05) is 12.1 Å². The first-order chi connectivity index (χ1) is 10.1. The molecular weight excluding hydrogens is 301 g/mol. The summed E-state index contributed by atoms with van der Waals surface area (Å²) < 4.78 is 13.1. The monoisotopic (exact) mass is 317 g/mol. The fraction of sp³-hybridized carbons (Fsp3) is 0.235. The molecule has 0 N–H and O–H groups in total. The zero-order chi connectivity index (χ0) is 15.4. The molecule has 0 aliphatic rings. The molecular formula is C17H16FNS2. The minimum Gasteiger partial charge on any atom is -0.207 e. The molecule has 0 fully saturated rings. The van der Waals surface area contributed by atoms with E-state index in [9.17, 15) is 9.65 Å². The summed E-state index contributed by atoms with van der Waals surface area (Å²) in [4.78, 5) is 0.971. The number of thioether (sulfide) groups is 2. The number of hydrogen-bond donors (Lipinski definition) is 0. The predicted molar refractivity (Wildman–Crippen MR) is 90.3 cm³/mol. The van der Waals surface area contributed by atoms with Crippen molar-refractivity contribution in [3.8, 4) is 17.2 Å². The SMILES string of the molecule is CSCc1c(-c2ccc(F)cc2)cc(SC)c(C#N)c1C. The molecule has 0 radical (unpaired) electrons. The standard InChI is InChI=1S/C17H16FNS2/c1-11-15(9-19)17(21-3)8-14(16(11)10-20-2)12-4-6-13(18)7-5-12/h4-8H,10H2,1-3H3. The van der Waals surface area contributed by atoms with Gasteiger partial charge in [0.2, 0.25) is 0 Å². The topological polar surface area (TPSA) is 23.8 Å². The minimum atomic E-state index is -0.236. The number of hydrogen-bond acceptors (Lipinski definition) is 3. The Bertz CT molecular complexity index is 687. The molecule has 0 atom stereocenters. The van der Waals surface area contributed by atoms with Gasteiger partial charge >= 0.3 is 0 Å². The number of nitriles is 1. The Labute approximate surface area is 133 Å². The lowest BCUT2D eigenvalue weighted by atomic mass is 9.94. The van der Waals surface area contributed by atoms with Gasteiger partial charge in [0.1, 0.15) is 11.9 Å². The van der Waals surface area contributed by atoms with Crippen LogP contribution in [0.15, 0.2) is 35.2 Å². The van der Waals surface area contributed by atoms with E-state index < -0.39 is 0 Å². The van der Waals surface area contributed by atoms with Crippen LogP contribution in [0.4, 0.5) is 4.39 Å². The van der Waals surface area contributed by atoms with Crippen LogP contribution < -0.4 is 0 Å². The van der Waals surface area contributed by atoms with Crippen LogP contribution in [-0.2, 0) is 5.75 Å². The molecule has 0 unspecified atom stereocenters. The van der Waals surface area contributed by atoms with E-state index in [0.717, 1.165) is 38.5 Å². The summed E-state index contributed by atoms with van der Waals surface area (Å²) in [6.07, 6.45) is 4.01. The van der Waals surface area contributed by atoms with Crippen LogP contribution in [0.1, 0.15) is 16.7 Å². The van der Waals surface area contributed by atoms with Gasteiger partial charge < -0.3 is 0 Å². The van der Waals surface area contributed by atoms with E-state index in [4.69, 9.17) is 0 Å². The summed E-state index contributed by atoms with van der Waals surface area (Å²) in [5, 5.41) is 9.40. The first-order valence-electron chi connectivity index (χ1n) is 6.47. The van der Waals surface area contributed by atoms with Crippen molar-refractivity contribution >= 4 is 23.5 Å². The first-order valence-corrected chi connectivity index (χ1v) is 9.09. The van der Waals surface area contributed by atoms with Crippen molar-refractivity contribution < 1.29 is 4.39 Å². The molecule has 4 heteroatoms. The summed E-state index contributed by atoms with van der Waals surface area (Å²) in [5.74, 6) is 0.600. The largest absolute Gasteiger partial charge is 0.207 e. The Morgan fingerprint density at radius 1 is 1.19 bits per heavy atom. The average Bonchev–Trinajstić information content (AvgIpc) is 2.50. The molecule has 1 nitrogen and oxygen atoms in total. The smallest absolute Gasteiger partial charge is 0.123 e. The fourth-order valence-corrected chi connectivity index (χ4v) is 3.64. The molecule has 2 aromatic carbocycles. The quantitative estimate of drug-likeness (QED) is 0.719. The normalized spacial score (nSPS) is 10.4. The van der Waals surface area contributed by atoms with E-state index in [2.05, 4.69) is 12.1 Å². The van der Waals surface area contributed by atoms with Gasteiger partial charge in [0.15, 0.2) is 0 Å². The maximum absolute atomic E-state index is 13.1. The van der Waals surface area contributed by atoms with Gasteiger partial charge in [0, 0.05) is 10.6 Å². The summed E-state index contributed by atoms with van der Waals surface area (Å²) in [5.41, 5.74) is 5.01. The number of rotatable bonds is 4. The Morgan fingerprint density at radius 3 is 2.38 bits per heavy atom. The van der Waals surface area contributed by atoms with Crippen LogP contribution in [-0.4, -0.2) is 12.5 Å². The van der Waals surface area contributed by atoms with Crippen LogP contribution in [0, 0.1) is 24.1 Å². The van der Waals surface area contributed by atoms with Gasteiger partial charge in [-0.2, -0.15) is 17.0 Å². The first kappa shape index (κ1) is 15.9. The van der Waals surface area contributed by atoms with E-state index >= 15 is 0 Å². The van der Waals surface area contributed by atoms with Crippen molar-refractivity contribution in [1.82, 2.24) is 0 Å². The molecule has 0 saturated heterocycles. The zero-order valence-electron chi connectivity index (χ0n) is 12.2. The highest BCUT2D eigenvalue weighted by atomic mass is 32.2. The van der Waals surface area contributed by atoms with Crippen molar-refractivity contribution in [1.29, 1.82) is 5.26 Å². The lowest BCUT2D eigenvalue weighted by Gasteiger charge is -2.16. The van der Waals surface area contributed by atoms with Crippen molar-refractivity contribution in [3.05, 3.63) is 52.8 Å². The lowest BCUT2D eigenvalue weighted by Crippen LogP contribution is -1.98. The van der Waals surface area contributed by atoms with Gasteiger partial charge in [-0.25, -0.2) is 4.39 Å².